The van der Waals surface area contributed by atoms with Crippen molar-refractivity contribution in [2.75, 3.05) is 40.6 Å². The van der Waals surface area contributed by atoms with Crippen molar-refractivity contribution in [3.05, 3.63) is 23.8 Å². The second kappa shape index (κ2) is 6.58. The summed E-state index contributed by atoms with van der Waals surface area (Å²) in [4.78, 5) is 16.6. The first kappa shape index (κ1) is 17.0. The van der Waals surface area contributed by atoms with Gasteiger partial charge in [-0.15, -0.1) is 0 Å². The van der Waals surface area contributed by atoms with Crippen molar-refractivity contribution in [1.82, 2.24) is 9.80 Å². The van der Waals surface area contributed by atoms with Gasteiger partial charge in [-0.2, -0.15) is 0 Å². The van der Waals surface area contributed by atoms with Gasteiger partial charge >= 0.3 is 0 Å². The number of fused-ring (bicyclic) bond motifs is 1. The van der Waals surface area contributed by atoms with Gasteiger partial charge in [-0.1, -0.05) is 6.07 Å². The molecular weight excluding hydrogens is 312 g/mol. The van der Waals surface area contributed by atoms with Gasteiger partial charge in [-0.3, -0.25) is 9.69 Å². The molecule has 2 heterocycles. The molecule has 0 saturated carbocycles. The number of hydrogen-bond donors (Lipinski definition) is 2. The number of carbonyl (C=O) groups excluding carboxylic acids is 1. The monoisotopic (exact) mass is 336 g/mol. The molecule has 2 aliphatic heterocycles. The Balaban J connectivity index is 1.77. The molecule has 0 aliphatic carbocycles. The minimum atomic E-state index is -1.07. The fourth-order valence-electron chi connectivity index (χ4n) is 3.22. The van der Waals surface area contributed by atoms with E-state index in [9.17, 15) is 15.0 Å². The molecule has 24 heavy (non-hydrogen) atoms. The van der Waals surface area contributed by atoms with Gasteiger partial charge in [0.05, 0.1) is 12.2 Å². The number of aliphatic hydroxyl groups is 2. The Hall–Kier alpha value is -1.83. The Morgan fingerprint density at radius 3 is 2.58 bits per heavy atom. The van der Waals surface area contributed by atoms with Gasteiger partial charge in [0.2, 0.25) is 12.7 Å². The first-order valence-corrected chi connectivity index (χ1v) is 8.11. The molecular formula is C17H24N2O5. The number of aliphatic hydroxyl groups excluding tert-OH is 1. The number of hydrogen-bond acceptors (Lipinski definition) is 6. The molecule has 0 bridgehead atoms. The number of likely N-dealkylation sites (tertiary alicyclic amines) is 1. The van der Waals surface area contributed by atoms with Crippen molar-refractivity contribution in [2.45, 2.75) is 24.5 Å². The number of piperidine rings is 1. The molecule has 1 aromatic carbocycles. The zero-order valence-electron chi connectivity index (χ0n) is 14.1. The van der Waals surface area contributed by atoms with Crippen molar-refractivity contribution < 1.29 is 24.5 Å². The molecule has 2 N–H and O–H groups in total. The third kappa shape index (κ3) is 3.19. The Morgan fingerprint density at radius 1 is 1.29 bits per heavy atom. The Labute approximate surface area is 141 Å². The van der Waals surface area contributed by atoms with Gasteiger partial charge in [-0.25, -0.2) is 0 Å². The largest absolute Gasteiger partial charge is 0.454 e. The number of ether oxygens (including phenoxy) is 2. The summed E-state index contributed by atoms with van der Waals surface area (Å²) >= 11 is 0. The summed E-state index contributed by atoms with van der Waals surface area (Å²) in [6.45, 7) is 0.801. The summed E-state index contributed by atoms with van der Waals surface area (Å²) in [7, 11) is 3.72. The predicted octanol–water partition coefficient (Wildman–Crippen LogP) is 0.364. The summed E-state index contributed by atoms with van der Waals surface area (Å²) in [5.74, 6) is 1.33. The molecule has 2 aliphatic rings. The highest BCUT2D eigenvalue weighted by Gasteiger charge is 2.36. The van der Waals surface area contributed by atoms with Crippen LogP contribution in [0.4, 0.5) is 0 Å². The highest BCUT2D eigenvalue weighted by molar-refractivity contribution is 5.83. The Morgan fingerprint density at radius 2 is 1.96 bits per heavy atom. The maximum absolute atomic E-state index is 13.0. The lowest BCUT2D eigenvalue weighted by molar-refractivity contribution is -0.142. The van der Waals surface area contributed by atoms with Crippen LogP contribution in [0.2, 0.25) is 0 Å². The van der Waals surface area contributed by atoms with Crippen LogP contribution in [0, 0.1) is 0 Å². The van der Waals surface area contributed by atoms with E-state index < -0.39 is 11.6 Å². The molecule has 132 valence electrons. The van der Waals surface area contributed by atoms with Crippen LogP contribution < -0.4 is 9.47 Å². The third-order valence-corrected chi connectivity index (χ3v) is 4.76. The molecule has 1 amide bonds. The Bertz CT molecular complexity index is 611. The average Bonchev–Trinajstić information content (AvgIpc) is 3.03. The molecule has 1 atom stereocenters. The zero-order chi connectivity index (χ0) is 17.3. The van der Waals surface area contributed by atoms with E-state index in [4.69, 9.17) is 9.47 Å². The molecule has 0 radical (unpaired) electrons. The molecule has 0 aromatic heterocycles. The highest BCUT2D eigenvalue weighted by Crippen LogP contribution is 2.36. The van der Waals surface area contributed by atoms with Crippen molar-refractivity contribution >= 4 is 5.91 Å². The second-order valence-corrected chi connectivity index (χ2v) is 6.69. The maximum Gasteiger partial charge on any atom is 0.244 e. The zero-order valence-corrected chi connectivity index (χ0v) is 14.1. The summed E-state index contributed by atoms with van der Waals surface area (Å²) < 4.78 is 10.7. The molecule has 1 fully saturated rings. The van der Waals surface area contributed by atoms with Gasteiger partial charge in [0.25, 0.3) is 0 Å². The number of amides is 1. The van der Waals surface area contributed by atoms with Crippen LogP contribution in [0.15, 0.2) is 18.2 Å². The standard InChI is InChI=1S/C17H24N2O5/c1-18(2)15(12-3-4-13-14(9-12)24-11-23-13)16(21)19-7-5-17(22,10-20)6-8-19/h3-4,9,15,20,22H,5-8,10-11H2,1-2H3. The topological polar surface area (TPSA) is 82.5 Å². The van der Waals surface area contributed by atoms with E-state index in [-0.39, 0.29) is 19.3 Å². The summed E-state index contributed by atoms with van der Waals surface area (Å²) in [6.07, 6.45) is 0.771. The number of benzene rings is 1. The van der Waals surface area contributed by atoms with E-state index in [1.807, 2.05) is 37.2 Å². The van der Waals surface area contributed by atoms with Gasteiger partial charge in [0, 0.05) is 13.1 Å². The fourth-order valence-corrected chi connectivity index (χ4v) is 3.22. The molecule has 3 rings (SSSR count). The van der Waals surface area contributed by atoms with Crippen molar-refractivity contribution in [1.29, 1.82) is 0 Å². The summed E-state index contributed by atoms with van der Waals surface area (Å²) in [5.41, 5.74) is -0.222. The normalized spacial score (nSPS) is 20.3. The van der Waals surface area contributed by atoms with E-state index in [2.05, 4.69) is 0 Å². The van der Waals surface area contributed by atoms with Crippen molar-refractivity contribution in [2.24, 2.45) is 0 Å². The van der Waals surface area contributed by atoms with E-state index in [0.29, 0.717) is 37.4 Å². The van der Waals surface area contributed by atoms with Crippen molar-refractivity contribution in [3.8, 4) is 11.5 Å². The van der Waals surface area contributed by atoms with Crippen LogP contribution in [-0.2, 0) is 4.79 Å². The molecule has 1 unspecified atom stereocenters. The molecule has 7 nitrogen and oxygen atoms in total. The lowest BCUT2D eigenvalue weighted by Gasteiger charge is -2.39. The molecule has 7 heteroatoms. The smallest absolute Gasteiger partial charge is 0.244 e. The van der Waals surface area contributed by atoms with Crippen LogP contribution in [0.25, 0.3) is 0 Å². The molecule has 1 aromatic rings. The summed E-state index contributed by atoms with van der Waals surface area (Å²) in [6, 6.07) is 5.12. The highest BCUT2D eigenvalue weighted by atomic mass is 16.7. The van der Waals surface area contributed by atoms with Crippen LogP contribution in [0.3, 0.4) is 0 Å². The average molecular weight is 336 g/mol. The van der Waals surface area contributed by atoms with Gasteiger partial charge in [0.15, 0.2) is 11.5 Å². The van der Waals surface area contributed by atoms with Crippen LogP contribution in [-0.4, -0.2) is 72.1 Å². The van der Waals surface area contributed by atoms with Gasteiger partial charge < -0.3 is 24.6 Å². The predicted molar refractivity (Wildman–Crippen MR) is 86.8 cm³/mol. The molecule has 0 spiro atoms. The maximum atomic E-state index is 13.0. The summed E-state index contributed by atoms with van der Waals surface area (Å²) in [5, 5.41) is 19.4. The number of rotatable bonds is 4. The number of nitrogens with zero attached hydrogens (tertiary/aromatic N) is 2. The van der Waals surface area contributed by atoms with E-state index in [1.54, 1.807) is 4.90 Å². The molecule has 1 saturated heterocycles. The van der Waals surface area contributed by atoms with Crippen LogP contribution >= 0.6 is 0 Å². The van der Waals surface area contributed by atoms with Crippen LogP contribution in [0.5, 0.6) is 11.5 Å². The van der Waals surface area contributed by atoms with Crippen molar-refractivity contribution in [3.63, 3.8) is 0 Å². The van der Waals surface area contributed by atoms with E-state index in [1.165, 1.54) is 0 Å². The lowest BCUT2D eigenvalue weighted by atomic mass is 9.91. The fraction of sp³-hybridized carbons (Fsp3) is 0.588. The third-order valence-electron chi connectivity index (χ3n) is 4.76. The van der Waals surface area contributed by atoms with E-state index in [0.717, 1.165) is 5.56 Å². The van der Waals surface area contributed by atoms with Gasteiger partial charge in [0.1, 0.15) is 6.04 Å². The minimum Gasteiger partial charge on any atom is -0.454 e. The van der Waals surface area contributed by atoms with E-state index >= 15 is 0 Å². The Kier molecular flexibility index (Phi) is 4.67. The lowest BCUT2D eigenvalue weighted by Crippen LogP contribution is -2.51. The second-order valence-electron chi connectivity index (χ2n) is 6.69. The SMILES string of the molecule is CN(C)C(C(=O)N1CCC(O)(CO)CC1)c1ccc2c(c1)OCO2. The first-order chi connectivity index (χ1) is 11.4. The quantitative estimate of drug-likeness (QED) is 0.826. The first-order valence-electron chi connectivity index (χ1n) is 8.11. The number of carbonyl (C=O) groups is 1. The van der Waals surface area contributed by atoms with Gasteiger partial charge in [-0.05, 0) is 44.6 Å². The number of likely N-dealkylation sites (N-methyl/N-ethyl adjacent to an activating group) is 1. The van der Waals surface area contributed by atoms with Crippen LogP contribution in [0.1, 0.15) is 24.4 Å². The minimum absolute atomic E-state index is 0.0149.